The zero-order chi connectivity index (χ0) is 28.6. The average molecular weight is 617 g/mol. The molecular weight excluding hydrogens is 597 g/mol. The molecule has 0 fully saturated rings. The van der Waals surface area contributed by atoms with Crippen LogP contribution in [-0.4, -0.2) is 285 Å². The number of hydrogen-bond acceptors (Lipinski definition) is 8. The van der Waals surface area contributed by atoms with E-state index in [2.05, 4.69) is 0 Å². The second-order valence-corrected chi connectivity index (χ2v) is 2.26. The van der Waals surface area contributed by atoms with Crippen LogP contribution in [0.5, 0.6) is 0 Å². The van der Waals surface area contributed by atoms with E-state index in [9.17, 15) is 0 Å². The minimum atomic E-state index is -1.83. The molecule has 0 bridgehead atoms. The topological polar surface area (TPSA) is 460 Å². The molecule has 0 radical (unpaired) electrons. The van der Waals surface area contributed by atoms with Gasteiger partial charge in [-0.05, 0) is 0 Å². The van der Waals surface area contributed by atoms with Crippen LogP contribution < -0.4 is 0 Å². The summed E-state index contributed by atoms with van der Waals surface area (Å²) in [6, 6.07) is 0. The number of carbonyl (C=O) groups is 8. The van der Waals surface area contributed by atoms with E-state index in [1.54, 1.807) is 0 Å². The van der Waals surface area contributed by atoms with Gasteiger partial charge in [0, 0.05) is 0 Å². The summed E-state index contributed by atoms with van der Waals surface area (Å²) in [6.45, 7) is 0. The SMILES string of the molecule is O=C(O)O.O=C(O)O.O=C(O)O.O=C(O)O.O=C(O)O.O=C(O)O.O=C(O)O.O=C(O)O.[KH].[KH].[KH]. The quantitative estimate of drug-likeness (QED) is 0.157. The molecule has 0 saturated carbocycles. The van der Waals surface area contributed by atoms with Crippen LogP contribution >= 0.6 is 0 Å². The van der Waals surface area contributed by atoms with Crippen molar-refractivity contribution in [1.29, 1.82) is 0 Å². The summed E-state index contributed by atoms with van der Waals surface area (Å²) in [5.74, 6) is 0. The first-order valence-electron chi connectivity index (χ1n) is 5.21. The molecule has 0 saturated heterocycles. The van der Waals surface area contributed by atoms with E-state index in [0.717, 1.165) is 0 Å². The van der Waals surface area contributed by atoms with E-state index in [0.29, 0.717) is 0 Å². The third-order valence-corrected chi connectivity index (χ3v) is 0. The molecule has 24 nitrogen and oxygen atoms in total. The second kappa shape index (κ2) is 63.9. The molecular formula is C8H19K3O24. The van der Waals surface area contributed by atoms with Gasteiger partial charge >= 0.3 is 203 Å². The maximum atomic E-state index is 8.56. The first kappa shape index (κ1) is 70.0. The number of carboxylic acid groups (broad SMARTS) is 16. The molecule has 0 aromatic rings. The van der Waals surface area contributed by atoms with Crippen molar-refractivity contribution in [3.8, 4) is 0 Å². The van der Waals surface area contributed by atoms with Crippen LogP contribution in [0.1, 0.15) is 0 Å². The normalized spacial score (nSPS) is 5.49. The van der Waals surface area contributed by atoms with Crippen LogP contribution in [0.3, 0.4) is 0 Å². The van der Waals surface area contributed by atoms with Gasteiger partial charge in [-0.2, -0.15) is 0 Å². The van der Waals surface area contributed by atoms with Crippen LogP contribution in [0.2, 0.25) is 0 Å². The molecule has 16 N–H and O–H groups in total. The van der Waals surface area contributed by atoms with E-state index in [4.69, 9.17) is 120 Å². The molecule has 0 unspecified atom stereocenters. The molecule has 0 aromatic heterocycles. The van der Waals surface area contributed by atoms with Crippen molar-refractivity contribution >= 4 is 203 Å². The van der Waals surface area contributed by atoms with E-state index in [1.165, 1.54) is 0 Å². The third kappa shape index (κ3) is 36800. The summed E-state index contributed by atoms with van der Waals surface area (Å²) in [6.07, 6.45) is -14.7. The fourth-order valence-corrected chi connectivity index (χ4v) is 0. The van der Waals surface area contributed by atoms with Gasteiger partial charge in [0.05, 0.1) is 0 Å². The molecule has 0 rings (SSSR count). The van der Waals surface area contributed by atoms with E-state index in [1.807, 2.05) is 0 Å². The fraction of sp³-hybridized carbons (Fsp3) is 0. The Morgan fingerprint density at radius 3 is 0.200 bits per heavy atom. The van der Waals surface area contributed by atoms with Gasteiger partial charge in [-0.25, -0.2) is 38.4 Å². The Balaban J connectivity index is -0.0000000206. The summed E-state index contributed by atoms with van der Waals surface area (Å²) in [5.41, 5.74) is 0. The molecule has 0 aliphatic rings. The van der Waals surface area contributed by atoms with Gasteiger partial charge in [-0.1, -0.05) is 0 Å². The van der Waals surface area contributed by atoms with E-state index >= 15 is 0 Å². The molecule has 0 atom stereocenters. The Bertz CT molecular complexity index is 369. The first-order chi connectivity index (χ1) is 13.9. The van der Waals surface area contributed by atoms with Gasteiger partial charge in [-0.15, -0.1) is 0 Å². The molecule has 0 aliphatic carbocycles. The predicted octanol–water partition coefficient (Wildman–Crippen LogP) is -0.166. The van der Waals surface area contributed by atoms with Crippen molar-refractivity contribution in [3.05, 3.63) is 0 Å². The third-order valence-electron chi connectivity index (χ3n) is 0. The zero-order valence-corrected chi connectivity index (χ0v) is 14.4. The van der Waals surface area contributed by atoms with Crippen molar-refractivity contribution < 1.29 is 120 Å². The summed E-state index contributed by atoms with van der Waals surface area (Å²) < 4.78 is 0. The van der Waals surface area contributed by atoms with Crippen molar-refractivity contribution in [3.63, 3.8) is 0 Å². The Kier molecular flexibility index (Phi) is 128. The monoisotopic (exact) mass is 616 g/mol. The predicted molar refractivity (Wildman–Crippen MR) is 107 cm³/mol. The van der Waals surface area contributed by atoms with E-state index < -0.39 is 49.2 Å². The molecule has 0 aromatic carbocycles. The average Bonchev–Trinajstić information content (AvgIpc) is 2.30. The molecule has 0 heterocycles. The van der Waals surface area contributed by atoms with Crippen molar-refractivity contribution in [1.82, 2.24) is 0 Å². The molecule has 0 amide bonds. The summed E-state index contributed by atoms with van der Waals surface area (Å²) >= 11 is 0. The maximum absolute atomic E-state index is 8.56. The summed E-state index contributed by atoms with van der Waals surface area (Å²) in [5, 5.41) is 112. The molecule has 198 valence electrons. The Labute approximate surface area is 317 Å². The molecule has 0 spiro atoms. The van der Waals surface area contributed by atoms with Gasteiger partial charge < -0.3 is 81.7 Å². The van der Waals surface area contributed by atoms with Crippen molar-refractivity contribution in [2.45, 2.75) is 0 Å². The molecule has 35 heavy (non-hydrogen) atoms. The van der Waals surface area contributed by atoms with Crippen molar-refractivity contribution in [2.24, 2.45) is 0 Å². The molecule has 27 heteroatoms. The van der Waals surface area contributed by atoms with Crippen LogP contribution in [0, 0.1) is 0 Å². The standard InChI is InChI=1S/8CH2O3.3K.3H/c8*2-1(3)4;;;;;;/h8*(H2,2,3,4);;;;;;. The van der Waals surface area contributed by atoms with Gasteiger partial charge in [0.2, 0.25) is 0 Å². The Hall–Kier alpha value is -0.931. The summed E-state index contributed by atoms with van der Waals surface area (Å²) in [7, 11) is 0. The van der Waals surface area contributed by atoms with Gasteiger partial charge in [0.25, 0.3) is 0 Å². The zero-order valence-electron chi connectivity index (χ0n) is 14.4. The van der Waals surface area contributed by atoms with Crippen LogP contribution in [0.4, 0.5) is 38.4 Å². The summed E-state index contributed by atoms with van der Waals surface area (Å²) in [4.78, 5) is 68.4. The van der Waals surface area contributed by atoms with Crippen molar-refractivity contribution in [2.75, 3.05) is 0 Å². The minimum absolute atomic E-state index is 0. The molecule has 0 aliphatic heterocycles. The van der Waals surface area contributed by atoms with Crippen LogP contribution in [-0.2, 0) is 0 Å². The van der Waals surface area contributed by atoms with Gasteiger partial charge in [-0.3, -0.25) is 0 Å². The first-order valence-corrected chi connectivity index (χ1v) is 5.21. The van der Waals surface area contributed by atoms with Crippen LogP contribution in [0.15, 0.2) is 0 Å². The van der Waals surface area contributed by atoms with Gasteiger partial charge in [0.15, 0.2) is 0 Å². The fourth-order valence-electron chi connectivity index (χ4n) is 0. The number of hydrogen-bond donors (Lipinski definition) is 16. The second-order valence-electron chi connectivity index (χ2n) is 2.26. The van der Waals surface area contributed by atoms with Gasteiger partial charge in [0.1, 0.15) is 0 Å². The number of rotatable bonds is 0. The van der Waals surface area contributed by atoms with Crippen LogP contribution in [0.25, 0.3) is 0 Å². The van der Waals surface area contributed by atoms with E-state index in [-0.39, 0.29) is 154 Å². The Morgan fingerprint density at radius 1 is 0.200 bits per heavy atom. The Morgan fingerprint density at radius 2 is 0.200 bits per heavy atom.